The number of benzene rings is 2. The molecule has 2 unspecified atom stereocenters. The van der Waals surface area contributed by atoms with Crippen molar-refractivity contribution < 1.29 is 23.9 Å². The maximum Gasteiger partial charge on any atom is 0.325 e. The maximum absolute atomic E-state index is 13.3. The van der Waals surface area contributed by atoms with Crippen molar-refractivity contribution in [3.8, 4) is 11.5 Å². The second-order valence-corrected chi connectivity index (χ2v) is 8.81. The van der Waals surface area contributed by atoms with E-state index < -0.39 is 17.5 Å². The number of carbonyl (C=O) groups is 3. The van der Waals surface area contributed by atoms with E-state index in [1.807, 2.05) is 36.4 Å². The first-order valence-corrected chi connectivity index (χ1v) is 11.4. The van der Waals surface area contributed by atoms with E-state index >= 15 is 0 Å². The van der Waals surface area contributed by atoms with Gasteiger partial charge in [0, 0.05) is 13.0 Å². The third-order valence-electron chi connectivity index (χ3n) is 6.65. The Labute approximate surface area is 192 Å². The molecule has 0 saturated carbocycles. The SMILES string of the molecule is CC1(c2ccccc2)NC(=O)N(CC(=O)N2CCCC2c2ccc3c(c2)OCCCO3)C1=O. The molecule has 8 heteroatoms. The minimum atomic E-state index is -1.18. The Morgan fingerprint density at radius 3 is 2.61 bits per heavy atom. The number of fused-ring (bicyclic) bond motifs is 1. The van der Waals surface area contributed by atoms with Crippen LogP contribution in [0.2, 0.25) is 0 Å². The van der Waals surface area contributed by atoms with Gasteiger partial charge in [0.25, 0.3) is 5.91 Å². The zero-order valence-electron chi connectivity index (χ0n) is 18.6. The molecule has 2 atom stereocenters. The molecular formula is C25H27N3O5. The summed E-state index contributed by atoms with van der Waals surface area (Å²) in [5, 5.41) is 2.76. The van der Waals surface area contributed by atoms with Gasteiger partial charge in [-0.1, -0.05) is 36.4 Å². The number of likely N-dealkylation sites (tertiary alicyclic amines) is 1. The quantitative estimate of drug-likeness (QED) is 0.725. The zero-order chi connectivity index (χ0) is 23.0. The first kappa shape index (κ1) is 21.3. The van der Waals surface area contributed by atoms with E-state index in [9.17, 15) is 14.4 Å². The molecule has 172 valence electrons. The molecule has 0 aromatic heterocycles. The fourth-order valence-corrected chi connectivity index (χ4v) is 4.83. The van der Waals surface area contributed by atoms with Gasteiger partial charge in [0.2, 0.25) is 5.91 Å². The van der Waals surface area contributed by atoms with Gasteiger partial charge < -0.3 is 19.7 Å². The number of imide groups is 1. The van der Waals surface area contributed by atoms with Crippen molar-refractivity contribution in [1.82, 2.24) is 15.1 Å². The maximum atomic E-state index is 13.3. The van der Waals surface area contributed by atoms with Gasteiger partial charge in [0.15, 0.2) is 11.5 Å². The van der Waals surface area contributed by atoms with Crippen molar-refractivity contribution in [3.05, 3.63) is 59.7 Å². The van der Waals surface area contributed by atoms with Gasteiger partial charge in [0.05, 0.1) is 19.3 Å². The van der Waals surface area contributed by atoms with Crippen LogP contribution in [0, 0.1) is 0 Å². The molecule has 2 aromatic rings. The summed E-state index contributed by atoms with van der Waals surface area (Å²) in [4.78, 5) is 41.9. The summed E-state index contributed by atoms with van der Waals surface area (Å²) >= 11 is 0. The molecule has 1 N–H and O–H groups in total. The summed E-state index contributed by atoms with van der Waals surface area (Å²) in [5.41, 5.74) is 0.471. The van der Waals surface area contributed by atoms with E-state index in [2.05, 4.69) is 5.32 Å². The number of hydrogen-bond donors (Lipinski definition) is 1. The van der Waals surface area contributed by atoms with Gasteiger partial charge >= 0.3 is 6.03 Å². The average Bonchev–Trinajstić information content (AvgIpc) is 3.30. The van der Waals surface area contributed by atoms with Gasteiger partial charge in [-0.2, -0.15) is 0 Å². The van der Waals surface area contributed by atoms with Gasteiger partial charge in [-0.3, -0.25) is 14.5 Å². The van der Waals surface area contributed by atoms with Gasteiger partial charge in [-0.15, -0.1) is 0 Å². The fraction of sp³-hybridized carbons (Fsp3) is 0.400. The Kier molecular flexibility index (Phi) is 5.44. The van der Waals surface area contributed by atoms with Crippen molar-refractivity contribution in [3.63, 3.8) is 0 Å². The molecule has 3 heterocycles. The highest BCUT2D eigenvalue weighted by molar-refractivity contribution is 6.09. The summed E-state index contributed by atoms with van der Waals surface area (Å²) in [6, 6.07) is 14.2. The van der Waals surface area contributed by atoms with Crippen molar-refractivity contribution in [2.24, 2.45) is 0 Å². The Morgan fingerprint density at radius 1 is 1.06 bits per heavy atom. The van der Waals surface area contributed by atoms with E-state index in [1.165, 1.54) is 0 Å². The predicted octanol–water partition coefficient (Wildman–Crippen LogP) is 2.98. The van der Waals surface area contributed by atoms with Crippen molar-refractivity contribution in [2.45, 2.75) is 37.8 Å². The van der Waals surface area contributed by atoms with E-state index in [1.54, 1.807) is 24.0 Å². The van der Waals surface area contributed by atoms with Gasteiger partial charge in [0.1, 0.15) is 12.1 Å². The molecule has 4 amide bonds. The highest BCUT2D eigenvalue weighted by atomic mass is 16.5. The van der Waals surface area contributed by atoms with Crippen LogP contribution in [0.25, 0.3) is 0 Å². The minimum absolute atomic E-state index is 0.129. The molecule has 5 rings (SSSR count). The molecule has 3 aliphatic heterocycles. The van der Waals surface area contributed by atoms with E-state index in [-0.39, 0.29) is 18.5 Å². The Bertz CT molecular complexity index is 1090. The van der Waals surface area contributed by atoms with Crippen LogP contribution < -0.4 is 14.8 Å². The zero-order valence-corrected chi connectivity index (χ0v) is 18.6. The highest BCUT2D eigenvalue weighted by Crippen LogP contribution is 2.38. The normalized spacial score (nSPS) is 24.6. The number of nitrogens with zero attached hydrogens (tertiary/aromatic N) is 2. The minimum Gasteiger partial charge on any atom is -0.490 e. The summed E-state index contributed by atoms with van der Waals surface area (Å²) in [6.45, 7) is 3.18. The molecule has 0 aliphatic carbocycles. The van der Waals surface area contributed by atoms with Crippen LogP contribution in [0.4, 0.5) is 4.79 Å². The standard InChI is InChI=1S/C25H27N3O5/c1-25(18-7-3-2-4-8-18)23(30)28(24(31)26-25)16-22(29)27-12-5-9-19(27)17-10-11-20-21(15-17)33-14-6-13-32-20/h2-4,7-8,10-11,15,19H,5-6,9,12-14,16H2,1H3,(H,26,31). The number of urea groups is 1. The van der Waals surface area contributed by atoms with Crippen LogP contribution in [-0.4, -0.2) is 53.9 Å². The number of rotatable bonds is 4. The lowest BCUT2D eigenvalue weighted by atomic mass is 9.92. The third-order valence-corrected chi connectivity index (χ3v) is 6.65. The molecule has 2 saturated heterocycles. The van der Waals surface area contributed by atoms with Crippen LogP contribution in [0.1, 0.15) is 43.4 Å². The number of nitrogens with one attached hydrogen (secondary N) is 1. The lowest BCUT2D eigenvalue weighted by Gasteiger charge is -2.27. The van der Waals surface area contributed by atoms with Crippen LogP contribution >= 0.6 is 0 Å². The van der Waals surface area contributed by atoms with Crippen LogP contribution in [0.15, 0.2) is 48.5 Å². The molecule has 0 spiro atoms. The predicted molar refractivity (Wildman–Crippen MR) is 120 cm³/mol. The molecule has 0 bridgehead atoms. The first-order chi connectivity index (χ1) is 16.0. The number of amides is 4. The number of carbonyl (C=O) groups excluding carboxylic acids is 3. The molecule has 3 aliphatic rings. The lowest BCUT2D eigenvalue weighted by Crippen LogP contribution is -2.44. The van der Waals surface area contributed by atoms with Gasteiger partial charge in [-0.05, 0) is 43.0 Å². The topological polar surface area (TPSA) is 88.2 Å². The van der Waals surface area contributed by atoms with Crippen LogP contribution in [0.3, 0.4) is 0 Å². The van der Waals surface area contributed by atoms with Crippen LogP contribution in [0.5, 0.6) is 11.5 Å². The number of ether oxygens (including phenoxy) is 2. The van der Waals surface area contributed by atoms with Crippen molar-refractivity contribution in [1.29, 1.82) is 0 Å². The van der Waals surface area contributed by atoms with Crippen molar-refractivity contribution >= 4 is 17.8 Å². The Morgan fingerprint density at radius 2 is 1.82 bits per heavy atom. The molecular weight excluding hydrogens is 422 g/mol. The van der Waals surface area contributed by atoms with E-state index in [0.717, 1.165) is 29.7 Å². The lowest BCUT2D eigenvalue weighted by molar-refractivity contribution is -0.139. The summed E-state index contributed by atoms with van der Waals surface area (Å²) in [7, 11) is 0. The second-order valence-electron chi connectivity index (χ2n) is 8.81. The Hall–Kier alpha value is -3.55. The van der Waals surface area contributed by atoms with Crippen molar-refractivity contribution in [2.75, 3.05) is 26.3 Å². The highest BCUT2D eigenvalue weighted by Gasteiger charge is 2.50. The van der Waals surface area contributed by atoms with E-state index in [0.29, 0.717) is 36.8 Å². The summed E-state index contributed by atoms with van der Waals surface area (Å²) < 4.78 is 11.5. The molecule has 0 radical (unpaired) electrons. The largest absolute Gasteiger partial charge is 0.490 e. The molecule has 8 nitrogen and oxygen atoms in total. The summed E-state index contributed by atoms with van der Waals surface area (Å²) in [6.07, 6.45) is 2.49. The molecule has 33 heavy (non-hydrogen) atoms. The van der Waals surface area contributed by atoms with Gasteiger partial charge in [-0.25, -0.2) is 4.79 Å². The van der Waals surface area contributed by atoms with Crippen LogP contribution in [-0.2, 0) is 15.1 Å². The molecule has 2 fully saturated rings. The fourth-order valence-electron chi connectivity index (χ4n) is 4.83. The summed E-state index contributed by atoms with van der Waals surface area (Å²) in [5.74, 6) is 0.743. The number of hydrogen-bond acceptors (Lipinski definition) is 5. The monoisotopic (exact) mass is 449 g/mol. The molecule has 2 aromatic carbocycles. The third kappa shape index (κ3) is 3.79. The average molecular weight is 450 g/mol. The first-order valence-electron chi connectivity index (χ1n) is 11.4. The second kappa shape index (κ2) is 8.42. The smallest absolute Gasteiger partial charge is 0.325 e. The van der Waals surface area contributed by atoms with E-state index in [4.69, 9.17) is 9.47 Å². The Balaban J connectivity index is 1.33.